The molecule has 11 heteroatoms. The van der Waals surface area contributed by atoms with Crippen LogP contribution in [0.5, 0.6) is 0 Å². The number of aliphatic hydroxyl groups excluding tert-OH is 1. The highest BCUT2D eigenvalue weighted by molar-refractivity contribution is 7.92. The fourth-order valence-corrected chi connectivity index (χ4v) is 7.72. The minimum Gasteiger partial charge on any atom is -0.483 e. The van der Waals surface area contributed by atoms with Crippen LogP contribution in [0.1, 0.15) is 67.9 Å². The summed E-state index contributed by atoms with van der Waals surface area (Å²) in [5.74, 6) is -0.305. The fraction of sp³-hybridized carbons (Fsp3) is 0.515. The zero-order chi connectivity index (χ0) is 32.1. The molecule has 0 saturated heterocycles. The molecule has 10 nitrogen and oxygen atoms in total. The average molecular weight is 627 g/mol. The van der Waals surface area contributed by atoms with Gasteiger partial charge in [-0.2, -0.15) is 0 Å². The van der Waals surface area contributed by atoms with Gasteiger partial charge >= 0.3 is 0 Å². The molecule has 2 aromatic carbocycles. The number of sulfonamides is 1. The molecule has 4 N–H and O–H groups in total. The van der Waals surface area contributed by atoms with Gasteiger partial charge in [0.05, 0.1) is 29.1 Å². The van der Waals surface area contributed by atoms with Crippen LogP contribution in [-0.4, -0.2) is 73.1 Å². The van der Waals surface area contributed by atoms with Crippen molar-refractivity contribution in [3.63, 3.8) is 0 Å². The third-order valence-electron chi connectivity index (χ3n) is 9.19. The second-order valence-electron chi connectivity index (χ2n) is 12.5. The average Bonchev–Trinajstić information content (AvgIpc) is 3.32. The first-order valence-electron chi connectivity index (χ1n) is 15.4. The van der Waals surface area contributed by atoms with Gasteiger partial charge in [-0.25, -0.2) is 8.42 Å². The number of nitrogens with zero attached hydrogens (tertiary/aromatic N) is 2. The van der Waals surface area contributed by atoms with Crippen LogP contribution in [0.15, 0.2) is 48.7 Å². The van der Waals surface area contributed by atoms with E-state index < -0.39 is 22.2 Å². The van der Waals surface area contributed by atoms with Crippen LogP contribution in [-0.2, 0) is 34.2 Å². The number of benzene rings is 2. The van der Waals surface area contributed by atoms with Crippen LogP contribution < -0.4 is 14.9 Å². The first-order chi connectivity index (χ1) is 20.9. The summed E-state index contributed by atoms with van der Waals surface area (Å²) in [4.78, 5) is 22.2. The number of hydrogen-bond acceptors (Lipinski definition) is 6. The van der Waals surface area contributed by atoms with Gasteiger partial charge in [0.15, 0.2) is 0 Å². The zero-order valence-electron chi connectivity index (χ0n) is 26.1. The van der Waals surface area contributed by atoms with Gasteiger partial charge in [-0.1, -0.05) is 57.0 Å². The molecule has 2 heterocycles. The van der Waals surface area contributed by atoms with Gasteiger partial charge in [-0.15, -0.1) is 0 Å². The lowest BCUT2D eigenvalue weighted by atomic mass is 9.73. The number of carbonyl (C=O) groups is 2. The maximum Gasteiger partial charge on any atom is 0.290 e. The maximum absolute atomic E-state index is 13.8. The molecular formula is C33H46N4O6S. The van der Waals surface area contributed by atoms with Crippen molar-refractivity contribution < 1.29 is 28.2 Å². The van der Waals surface area contributed by atoms with Gasteiger partial charge in [0.1, 0.15) is 0 Å². The van der Waals surface area contributed by atoms with Crippen molar-refractivity contribution in [1.82, 2.24) is 15.2 Å². The quantitative estimate of drug-likeness (QED) is 0.264. The summed E-state index contributed by atoms with van der Waals surface area (Å²) >= 11 is 0. The van der Waals surface area contributed by atoms with E-state index in [1.54, 1.807) is 13.1 Å². The van der Waals surface area contributed by atoms with Gasteiger partial charge in [-0.05, 0) is 61.3 Å². The Kier molecular flexibility index (Phi) is 10.8. The molecule has 1 saturated carbocycles. The van der Waals surface area contributed by atoms with Crippen molar-refractivity contribution in [3.05, 3.63) is 65.4 Å². The predicted molar refractivity (Wildman–Crippen MR) is 174 cm³/mol. The van der Waals surface area contributed by atoms with E-state index in [1.807, 2.05) is 49.5 Å². The maximum atomic E-state index is 13.8. The number of aryl methyl sites for hydroxylation is 2. The minimum atomic E-state index is -3.50. The molecular weight excluding hydrogens is 580 g/mol. The van der Waals surface area contributed by atoms with Gasteiger partial charge in [0, 0.05) is 43.3 Å². The predicted octanol–water partition coefficient (Wildman–Crippen LogP) is 3.94. The number of aliphatic hydroxyl groups is 1. The van der Waals surface area contributed by atoms with Crippen molar-refractivity contribution in [2.75, 3.05) is 23.7 Å². The van der Waals surface area contributed by atoms with Crippen LogP contribution in [0.3, 0.4) is 0 Å². The van der Waals surface area contributed by atoms with Crippen molar-refractivity contribution in [1.29, 1.82) is 0 Å². The molecule has 0 radical (unpaired) electrons. The van der Waals surface area contributed by atoms with Crippen LogP contribution in [0.2, 0.25) is 0 Å². The number of rotatable bonds is 9. The molecule has 0 spiro atoms. The first-order valence-corrected chi connectivity index (χ1v) is 17.0. The topological polar surface area (TPSA) is 141 Å². The lowest BCUT2D eigenvalue weighted by molar-refractivity contribution is -0.122. The van der Waals surface area contributed by atoms with Crippen molar-refractivity contribution in [3.8, 4) is 0 Å². The Hall–Kier alpha value is -3.41. The number of hydrogen-bond donors (Lipinski definition) is 4. The Morgan fingerprint density at radius 2 is 1.89 bits per heavy atom. The SMILES string of the molecule is CCn1cc2c3c(cc(C(=O)N[C@@H](Cc4ccccc4)[C@H](O)CNC4CCCCC4(C)C)cc31)N(C)S(=O)(=O)CC2.O=CO. The van der Waals surface area contributed by atoms with E-state index in [4.69, 9.17) is 9.90 Å². The highest BCUT2D eigenvalue weighted by atomic mass is 32.2. The summed E-state index contributed by atoms with van der Waals surface area (Å²) in [5, 5.41) is 25.9. The molecule has 3 aromatic rings. The highest BCUT2D eigenvalue weighted by Gasteiger charge is 2.33. The van der Waals surface area contributed by atoms with Crippen LogP contribution in [0, 0.1) is 5.41 Å². The Labute approximate surface area is 260 Å². The second-order valence-corrected chi connectivity index (χ2v) is 14.6. The molecule has 1 aliphatic heterocycles. The molecule has 1 aliphatic carbocycles. The molecule has 3 atom stereocenters. The summed E-state index contributed by atoms with van der Waals surface area (Å²) in [6.07, 6.45) is 6.74. The summed E-state index contributed by atoms with van der Waals surface area (Å²) in [6, 6.07) is 13.2. The number of aromatic nitrogens is 1. The smallest absolute Gasteiger partial charge is 0.290 e. The van der Waals surface area contributed by atoms with E-state index in [-0.39, 0.29) is 23.5 Å². The summed E-state index contributed by atoms with van der Waals surface area (Å²) in [7, 11) is -1.94. The van der Waals surface area contributed by atoms with Crippen molar-refractivity contribution in [2.24, 2.45) is 5.41 Å². The van der Waals surface area contributed by atoms with E-state index in [1.165, 1.54) is 17.1 Å². The molecule has 2 aliphatic rings. The monoisotopic (exact) mass is 626 g/mol. The molecule has 1 unspecified atom stereocenters. The summed E-state index contributed by atoms with van der Waals surface area (Å²) in [6.45, 7) is 7.42. The standard InChI is InChI=1S/C32H44N4O4S.CH2O2/c1-5-36-21-23-14-16-41(39,40)35(4)26-18-24(19-27(36)30(23)26)31(38)34-25(17-22-11-7-6-8-12-22)28(37)20-33-29-13-9-10-15-32(29,2)3;2-1-3/h6-8,11-12,18-19,21,25,28-29,33,37H,5,9-10,13-17,20H2,1-4H3,(H,34,38);1H,(H,2,3)/t25-,28+,29?;/m0./s1. The van der Waals surface area contributed by atoms with Crippen molar-refractivity contribution >= 4 is 39.0 Å². The van der Waals surface area contributed by atoms with Gasteiger partial charge in [-0.3, -0.25) is 13.9 Å². The lowest BCUT2D eigenvalue weighted by Gasteiger charge is -2.40. The number of amides is 1. The molecule has 5 rings (SSSR count). The Morgan fingerprint density at radius 3 is 2.55 bits per heavy atom. The van der Waals surface area contributed by atoms with E-state index >= 15 is 0 Å². The minimum absolute atomic E-state index is 0.0265. The van der Waals surface area contributed by atoms with Crippen LogP contribution >= 0.6 is 0 Å². The second kappa shape index (κ2) is 14.1. The molecule has 44 heavy (non-hydrogen) atoms. The molecule has 0 bridgehead atoms. The number of carbonyl (C=O) groups excluding carboxylic acids is 1. The van der Waals surface area contributed by atoms with E-state index in [0.717, 1.165) is 34.9 Å². The molecule has 240 valence electrons. The molecule has 1 fully saturated rings. The van der Waals surface area contributed by atoms with E-state index in [2.05, 4.69) is 29.0 Å². The van der Waals surface area contributed by atoms with Gasteiger partial charge < -0.3 is 25.4 Å². The number of nitrogens with one attached hydrogen (secondary N) is 2. The van der Waals surface area contributed by atoms with Crippen LogP contribution in [0.25, 0.3) is 10.9 Å². The normalized spacial score (nSPS) is 20.1. The number of anilines is 1. The summed E-state index contributed by atoms with van der Waals surface area (Å²) < 4.78 is 29.3. The first kappa shape index (κ1) is 33.5. The largest absolute Gasteiger partial charge is 0.483 e. The van der Waals surface area contributed by atoms with Crippen LogP contribution in [0.4, 0.5) is 5.69 Å². The van der Waals surface area contributed by atoms with Gasteiger partial charge in [0.2, 0.25) is 10.0 Å². The van der Waals surface area contributed by atoms with Gasteiger partial charge in [0.25, 0.3) is 12.4 Å². The molecule has 1 amide bonds. The Morgan fingerprint density at radius 1 is 1.18 bits per heavy atom. The zero-order valence-corrected chi connectivity index (χ0v) is 26.9. The van der Waals surface area contributed by atoms with Crippen molar-refractivity contribution in [2.45, 2.75) is 84.0 Å². The third-order valence-corrected chi connectivity index (χ3v) is 10.9. The van der Waals surface area contributed by atoms with E-state index in [9.17, 15) is 18.3 Å². The Balaban J connectivity index is 0.00000141. The molecule has 1 aromatic heterocycles. The lowest BCUT2D eigenvalue weighted by Crippen LogP contribution is -2.52. The number of carboxylic acid groups (broad SMARTS) is 1. The third kappa shape index (κ3) is 7.44. The highest BCUT2D eigenvalue weighted by Crippen LogP contribution is 2.37. The summed E-state index contributed by atoms with van der Waals surface area (Å²) in [5.41, 5.74) is 3.90. The fourth-order valence-electron chi connectivity index (χ4n) is 6.53. The Bertz CT molecular complexity index is 1550. The van der Waals surface area contributed by atoms with E-state index in [0.29, 0.717) is 43.2 Å².